The number of carbonyl (C=O) groups is 1. The van der Waals surface area contributed by atoms with Crippen LogP contribution < -0.4 is 4.74 Å². The van der Waals surface area contributed by atoms with Gasteiger partial charge in [-0.3, -0.25) is 4.98 Å². The molecule has 0 amide bonds. The highest BCUT2D eigenvalue weighted by Crippen LogP contribution is 2.44. The van der Waals surface area contributed by atoms with Gasteiger partial charge in [0.05, 0.1) is 11.1 Å². The van der Waals surface area contributed by atoms with Crippen LogP contribution in [0.5, 0.6) is 5.75 Å². The number of carbonyl (C=O) groups excluding carboxylic acids is 1. The molecule has 0 N–H and O–H groups in total. The quantitative estimate of drug-likeness (QED) is 0.502. The average Bonchev–Trinajstić information content (AvgIpc) is 3.02. The maximum absolute atomic E-state index is 12.6. The topological polar surface area (TPSA) is 48.4 Å². The third-order valence-corrected chi connectivity index (χ3v) is 4.74. The molecule has 4 nitrogen and oxygen atoms in total. The molecule has 1 aliphatic rings. The number of nitrogens with zero attached hydrogens (tertiary/aromatic N) is 1. The van der Waals surface area contributed by atoms with Crippen molar-refractivity contribution in [3.63, 3.8) is 0 Å². The normalized spacial score (nSPS) is 18.1. The summed E-state index contributed by atoms with van der Waals surface area (Å²) in [6.45, 7) is 0. The molecule has 0 saturated carbocycles. The Kier molecular flexibility index (Phi) is 3.44. The van der Waals surface area contributed by atoms with Crippen LogP contribution in [-0.2, 0) is 10.5 Å². The molecule has 0 radical (unpaired) electrons. The van der Waals surface area contributed by atoms with Crippen LogP contribution in [0.2, 0.25) is 0 Å². The number of aromatic nitrogens is 1. The summed E-state index contributed by atoms with van der Waals surface area (Å²) in [6.07, 6.45) is 1.72. The van der Waals surface area contributed by atoms with Gasteiger partial charge in [-0.2, -0.15) is 0 Å². The van der Waals surface area contributed by atoms with E-state index in [1.54, 1.807) is 12.3 Å². The van der Waals surface area contributed by atoms with Crippen molar-refractivity contribution in [1.29, 1.82) is 0 Å². The molecule has 130 valence electrons. The van der Waals surface area contributed by atoms with E-state index in [9.17, 15) is 4.79 Å². The van der Waals surface area contributed by atoms with E-state index in [4.69, 9.17) is 9.47 Å². The summed E-state index contributed by atoms with van der Waals surface area (Å²) in [5.74, 6) is -1.19. The van der Waals surface area contributed by atoms with Gasteiger partial charge in [-0.05, 0) is 24.3 Å². The molecule has 0 saturated heterocycles. The van der Waals surface area contributed by atoms with Crippen LogP contribution in [0, 0.1) is 0 Å². The van der Waals surface area contributed by atoms with Crippen molar-refractivity contribution in [3.8, 4) is 5.75 Å². The number of esters is 1. The Morgan fingerprint density at radius 1 is 0.815 bits per heavy atom. The first kappa shape index (κ1) is 15.6. The SMILES string of the molecule is O=C1O[C@](Oc2cccc3cccnc23)(c2ccccc2)c2ccccc21. The lowest BCUT2D eigenvalue weighted by Gasteiger charge is -2.30. The zero-order valence-corrected chi connectivity index (χ0v) is 14.3. The Balaban J connectivity index is 1.75. The molecule has 0 unspecified atom stereocenters. The van der Waals surface area contributed by atoms with Gasteiger partial charge in [0.1, 0.15) is 5.52 Å². The first-order chi connectivity index (χ1) is 13.3. The zero-order valence-electron chi connectivity index (χ0n) is 14.3. The van der Waals surface area contributed by atoms with E-state index in [1.807, 2.05) is 78.9 Å². The van der Waals surface area contributed by atoms with Crippen LogP contribution in [0.4, 0.5) is 0 Å². The molecule has 0 spiro atoms. The van der Waals surface area contributed by atoms with Crippen LogP contribution in [0.25, 0.3) is 10.9 Å². The minimum atomic E-state index is -1.35. The molecular formula is C23H15NO3. The van der Waals surface area contributed by atoms with Gasteiger partial charge in [0.2, 0.25) is 0 Å². The highest BCUT2D eigenvalue weighted by Gasteiger charge is 2.49. The Morgan fingerprint density at radius 2 is 1.59 bits per heavy atom. The number of para-hydroxylation sites is 1. The number of fused-ring (bicyclic) bond motifs is 2. The molecule has 4 heteroatoms. The summed E-state index contributed by atoms with van der Waals surface area (Å²) in [6, 6.07) is 26.4. The number of hydrogen-bond acceptors (Lipinski definition) is 4. The monoisotopic (exact) mass is 353 g/mol. The fourth-order valence-electron chi connectivity index (χ4n) is 3.51. The largest absolute Gasteiger partial charge is 0.442 e. The van der Waals surface area contributed by atoms with Crippen molar-refractivity contribution in [2.45, 2.75) is 5.79 Å². The third-order valence-electron chi connectivity index (χ3n) is 4.74. The van der Waals surface area contributed by atoms with Gasteiger partial charge in [-0.25, -0.2) is 4.79 Å². The van der Waals surface area contributed by atoms with Gasteiger partial charge < -0.3 is 9.47 Å². The fourth-order valence-corrected chi connectivity index (χ4v) is 3.51. The smallest absolute Gasteiger partial charge is 0.342 e. The second kappa shape index (κ2) is 5.95. The Hall–Kier alpha value is -3.66. The Bertz CT molecular complexity index is 1150. The molecule has 0 bridgehead atoms. The van der Waals surface area contributed by atoms with E-state index in [0.717, 1.165) is 16.5 Å². The number of ether oxygens (including phenoxy) is 2. The molecule has 27 heavy (non-hydrogen) atoms. The van der Waals surface area contributed by atoms with Crippen LogP contribution in [-0.4, -0.2) is 11.0 Å². The first-order valence-electron chi connectivity index (χ1n) is 8.69. The fraction of sp³-hybridized carbons (Fsp3) is 0.0435. The summed E-state index contributed by atoms with van der Waals surface area (Å²) < 4.78 is 12.3. The second-order valence-corrected chi connectivity index (χ2v) is 6.35. The van der Waals surface area contributed by atoms with Crippen molar-refractivity contribution < 1.29 is 14.3 Å². The van der Waals surface area contributed by atoms with Crippen molar-refractivity contribution in [2.75, 3.05) is 0 Å². The molecule has 1 aromatic heterocycles. The zero-order chi connectivity index (χ0) is 18.3. The van der Waals surface area contributed by atoms with Gasteiger partial charge >= 0.3 is 11.8 Å². The number of rotatable bonds is 3. The highest BCUT2D eigenvalue weighted by atomic mass is 16.7. The minimum Gasteiger partial charge on any atom is -0.442 e. The number of pyridine rings is 1. The third kappa shape index (κ3) is 2.38. The maximum atomic E-state index is 12.6. The Morgan fingerprint density at radius 3 is 2.48 bits per heavy atom. The summed E-state index contributed by atoms with van der Waals surface area (Å²) >= 11 is 0. The first-order valence-corrected chi connectivity index (χ1v) is 8.69. The minimum absolute atomic E-state index is 0.400. The molecule has 0 fully saturated rings. The van der Waals surface area contributed by atoms with E-state index < -0.39 is 11.8 Å². The predicted molar refractivity (Wildman–Crippen MR) is 101 cm³/mol. The number of hydrogen-bond donors (Lipinski definition) is 0. The van der Waals surface area contributed by atoms with Gasteiger partial charge in [0.15, 0.2) is 5.75 Å². The van der Waals surface area contributed by atoms with Crippen LogP contribution in [0.15, 0.2) is 91.1 Å². The van der Waals surface area contributed by atoms with Crippen molar-refractivity contribution in [1.82, 2.24) is 4.98 Å². The summed E-state index contributed by atoms with van der Waals surface area (Å²) in [4.78, 5) is 17.0. The van der Waals surface area contributed by atoms with Crippen molar-refractivity contribution >= 4 is 16.9 Å². The van der Waals surface area contributed by atoms with Crippen LogP contribution in [0.1, 0.15) is 21.5 Å². The van der Waals surface area contributed by atoms with Gasteiger partial charge in [-0.15, -0.1) is 0 Å². The van der Waals surface area contributed by atoms with Crippen molar-refractivity contribution in [3.05, 3.63) is 108 Å². The van der Waals surface area contributed by atoms with E-state index in [0.29, 0.717) is 16.9 Å². The lowest BCUT2D eigenvalue weighted by Crippen LogP contribution is -2.35. The molecule has 0 aliphatic carbocycles. The van der Waals surface area contributed by atoms with Gasteiger partial charge in [0, 0.05) is 17.1 Å². The summed E-state index contributed by atoms with van der Waals surface area (Å²) in [7, 11) is 0. The molecule has 4 aromatic rings. The van der Waals surface area contributed by atoms with Gasteiger partial charge in [0.25, 0.3) is 0 Å². The molecule has 3 aromatic carbocycles. The van der Waals surface area contributed by atoms with Crippen LogP contribution >= 0.6 is 0 Å². The number of cyclic esters (lactones) is 1. The Labute approximate surface area is 156 Å². The summed E-state index contributed by atoms with van der Waals surface area (Å²) in [5, 5.41) is 0.954. The molecule has 1 atom stereocenters. The van der Waals surface area contributed by atoms with Gasteiger partial charge in [-0.1, -0.05) is 60.7 Å². The lowest BCUT2D eigenvalue weighted by atomic mass is 9.95. The van der Waals surface area contributed by atoms with E-state index in [1.165, 1.54) is 0 Å². The second-order valence-electron chi connectivity index (χ2n) is 6.35. The highest BCUT2D eigenvalue weighted by molar-refractivity contribution is 5.95. The van der Waals surface area contributed by atoms with Crippen LogP contribution in [0.3, 0.4) is 0 Å². The molecular weight excluding hydrogens is 338 g/mol. The molecule has 5 rings (SSSR count). The van der Waals surface area contributed by atoms with E-state index in [2.05, 4.69) is 4.98 Å². The number of benzene rings is 3. The van der Waals surface area contributed by atoms with Crippen molar-refractivity contribution in [2.24, 2.45) is 0 Å². The predicted octanol–water partition coefficient (Wildman–Crippen LogP) is 4.69. The lowest BCUT2D eigenvalue weighted by molar-refractivity contribution is -0.108. The molecule has 1 aliphatic heterocycles. The maximum Gasteiger partial charge on any atom is 0.342 e. The van der Waals surface area contributed by atoms with E-state index >= 15 is 0 Å². The summed E-state index contributed by atoms with van der Waals surface area (Å²) in [5.41, 5.74) is 2.66. The van der Waals surface area contributed by atoms with E-state index in [-0.39, 0.29) is 0 Å². The average molecular weight is 353 g/mol. The standard InChI is InChI=1S/C23H15NO3/c25-22-18-12-4-5-13-19(18)23(27-22,17-10-2-1-3-11-17)26-20-14-6-8-16-9-7-15-24-21(16)20/h1-15H/t23-/m1/s1. The molecule has 2 heterocycles.